The summed E-state index contributed by atoms with van der Waals surface area (Å²) in [6.07, 6.45) is 1.79. The monoisotopic (exact) mass is 262 g/mol. The minimum atomic E-state index is -0.821. The summed E-state index contributed by atoms with van der Waals surface area (Å²) in [6.45, 7) is 5.72. The van der Waals surface area contributed by atoms with Gasteiger partial charge in [-0.2, -0.15) is 0 Å². The van der Waals surface area contributed by atoms with Gasteiger partial charge >= 0.3 is 5.97 Å². The summed E-state index contributed by atoms with van der Waals surface area (Å²) in [7, 11) is 0. The van der Waals surface area contributed by atoms with E-state index in [1.807, 2.05) is 19.9 Å². The standard InChI is InChI=1S/C15H18O4/c1-7-4-10-6-12-11(5-8(2)18-12)13(14(10)19-7)9(3)15(16)17/h6-9H,4-5H2,1-3H3,(H,16,17). The summed E-state index contributed by atoms with van der Waals surface area (Å²) in [5, 5.41) is 9.33. The lowest BCUT2D eigenvalue weighted by molar-refractivity contribution is -0.138. The first kappa shape index (κ1) is 12.3. The highest BCUT2D eigenvalue weighted by atomic mass is 16.5. The third kappa shape index (κ3) is 1.86. The van der Waals surface area contributed by atoms with Gasteiger partial charge < -0.3 is 14.6 Å². The van der Waals surface area contributed by atoms with E-state index in [9.17, 15) is 9.90 Å². The molecule has 0 spiro atoms. The van der Waals surface area contributed by atoms with Crippen LogP contribution in [-0.4, -0.2) is 23.3 Å². The Morgan fingerprint density at radius 3 is 2.68 bits per heavy atom. The first-order valence-corrected chi connectivity index (χ1v) is 6.72. The summed E-state index contributed by atoms with van der Waals surface area (Å²) in [4.78, 5) is 11.4. The van der Waals surface area contributed by atoms with E-state index in [1.165, 1.54) is 0 Å². The van der Waals surface area contributed by atoms with E-state index >= 15 is 0 Å². The van der Waals surface area contributed by atoms with Crippen LogP contribution >= 0.6 is 0 Å². The molecule has 0 saturated heterocycles. The molecule has 0 fully saturated rings. The van der Waals surface area contributed by atoms with E-state index in [0.717, 1.165) is 41.0 Å². The van der Waals surface area contributed by atoms with Crippen LogP contribution in [0, 0.1) is 0 Å². The lowest BCUT2D eigenvalue weighted by Gasteiger charge is -2.16. The van der Waals surface area contributed by atoms with Gasteiger partial charge in [0.05, 0.1) is 5.92 Å². The molecule has 0 aromatic heterocycles. The summed E-state index contributed by atoms with van der Waals surface area (Å²) in [5.41, 5.74) is 2.90. The maximum absolute atomic E-state index is 11.4. The zero-order valence-corrected chi connectivity index (χ0v) is 11.4. The van der Waals surface area contributed by atoms with E-state index in [0.29, 0.717) is 0 Å². The molecule has 3 atom stereocenters. The molecule has 0 radical (unpaired) electrons. The fourth-order valence-electron chi connectivity index (χ4n) is 3.04. The van der Waals surface area contributed by atoms with Gasteiger partial charge in [0.2, 0.25) is 0 Å². The predicted octanol–water partition coefficient (Wildman–Crippen LogP) is 2.52. The Morgan fingerprint density at radius 1 is 1.32 bits per heavy atom. The Labute approximate surface area is 112 Å². The number of hydrogen-bond donors (Lipinski definition) is 1. The molecule has 1 N–H and O–H groups in total. The number of benzene rings is 1. The number of rotatable bonds is 2. The molecule has 3 unspecified atom stereocenters. The third-order valence-corrected chi connectivity index (χ3v) is 3.91. The van der Waals surface area contributed by atoms with E-state index in [4.69, 9.17) is 9.47 Å². The van der Waals surface area contributed by atoms with Crippen molar-refractivity contribution in [3.8, 4) is 11.5 Å². The maximum Gasteiger partial charge on any atom is 0.310 e. The van der Waals surface area contributed by atoms with E-state index in [-0.39, 0.29) is 12.2 Å². The number of carboxylic acid groups (broad SMARTS) is 1. The zero-order chi connectivity index (χ0) is 13.7. The van der Waals surface area contributed by atoms with Crippen LogP contribution in [0.4, 0.5) is 0 Å². The van der Waals surface area contributed by atoms with Crippen LogP contribution in [0.3, 0.4) is 0 Å². The SMILES string of the molecule is CC1Cc2c(cc3c(c2C(C)C(=O)O)OC(C)C3)O1. The maximum atomic E-state index is 11.4. The van der Waals surface area contributed by atoms with Gasteiger partial charge in [0.25, 0.3) is 0 Å². The predicted molar refractivity (Wildman–Crippen MR) is 70.1 cm³/mol. The molecule has 2 aliphatic rings. The van der Waals surface area contributed by atoms with Crippen molar-refractivity contribution in [2.75, 3.05) is 0 Å². The molecule has 4 heteroatoms. The van der Waals surface area contributed by atoms with Crippen molar-refractivity contribution in [2.45, 2.75) is 51.7 Å². The van der Waals surface area contributed by atoms with Gasteiger partial charge in [0, 0.05) is 29.5 Å². The van der Waals surface area contributed by atoms with Gasteiger partial charge in [-0.3, -0.25) is 4.79 Å². The molecular weight excluding hydrogens is 244 g/mol. The van der Waals surface area contributed by atoms with Crippen LogP contribution in [0.2, 0.25) is 0 Å². The van der Waals surface area contributed by atoms with Gasteiger partial charge in [-0.15, -0.1) is 0 Å². The first-order valence-electron chi connectivity index (χ1n) is 6.72. The van der Waals surface area contributed by atoms with E-state index in [1.54, 1.807) is 6.92 Å². The largest absolute Gasteiger partial charge is 0.490 e. The lowest BCUT2D eigenvalue weighted by atomic mass is 9.90. The molecule has 1 aromatic rings. The lowest BCUT2D eigenvalue weighted by Crippen LogP contribution is -2.13. The molecule has 2 heterocycles. The molecular formula is C15H18O4. The summed E-state index contributed by atoms with van der Waals surface area (Å²) >= 11 is 0. The Bertz CT molecular complexity index is 513. The number of ether oxygens (including phenoxy) is 2. The second-order valence-electron chi connectivity index (χ2n) is 5.58. The molecule has 2 aliphatic heterocycles. The van der Waals surface area contributed by atoms with Crippen molar-refractivity contribution in [1.82, 2.24) is 0 Å². The topological polar surface area (TPSA) is 55.8 Å². The Morgan fingerprint density at radius 2 is 2.00 bits per heavy atom. The fraction of sp³-hybridized carbons (Fsp3) is 0.533. The van der Waals surface area contributed by atoms with E-state index < -0.39 is 11.9 Å². The quantitative estimate of drug-likeness (QED) is 0.889. The van der Waals surface area contributed by atoms with Crippen LogP contribution < -0.4 is 9.47 Å². The van der Waals surface area contributed by atoms with E-state index in [2.05, 4.69) is 0 Å². The Kier molecular flexibility index (Phi) is 2.69. The highest BCUT2D eigenvalue weighted by Crippen LogP contribution is 2.46. The zero-order valence-electron chi connectivity index (χ0n) is 11.4. The van der Waals surface area contributed by atoms with Crippen LogP contribution in [0.25, 0.3) is 0 Å². The average molecular weight is 262 g/mol. The molecule has 0 aliphatic carbocycles. The third-order valence-electron chi connectivity index (χ3n) is 3.91. The molecule has 0 saturated carbocycles. The van der Waals surface area contributed by atoms with Crippen molar-refractivity contribution < 1.29 is 19.4 Å². The molecule has 3 rings (SSSR count). The Balaban J connectivity index is 2.18. The minimum absolute atomic E-state index is 0.106. The second kappa shape index (κ2) is 4.15. The van der Waals surface area contributed by atoms with Crippen molar-refractivity contribution >= 4 is 5.97 Å². The van der Waals surface area contributed by atoms with Gasteiger partial charge in [-0.1, -0.05) is 0 Å². The van der Waals surface area contributed by atoms with Gasteiger partial charge in [-0.05, 0) is 26.8 Å². The number of aliphatic carboxylic acids is 1. The normalized spacial score (nSPS) is 25.2. The summed E-state index contributed by atoms with van der Waals surface area (Å²) in [5.74, 6) is 0.229. The highest BCUT2D eigenvalue weighted by molar-refractivity contribution is 5.79. The van der Waals surface area contributed by atoms with Crippen LogP contribution in [0.15, 0.2) is 6.07 Å². The second-order valence-corrected chi connectivity index (χ2v) is 5.58. The first-order chi connectivity index (χ1) is 8.97. The number of fused-ring (bicyclic) bond motifs is 2. The molecule has 19 heavy (non-hydrogen) atoms. The molecule has 0 bridgehead atoms. The smallest absolute Gasteiger partial charge is 0.310 e. The van der Waals surface area contributed by atoms with Crippen molar-refractivity contribution in [2.24, 2.45) is 0 Å². The average Bonchev–Trinajstić information content (AvgIpc) is 2.85. The molecule has 0 amide bonds. The minimum Gasteiger partial charge on any atom is -0.490 e. The number of hydrogen-bond acceptors (Lipinski definition) is 3. The highest BCUT2D eigenvalue weighted by Gasteiger charge is 2.35. The van der Waals surface area contributed by atoms with Crippen LogP contribution in [0.5, 0.6) is 11.5 Å². The van der Waals surface area contributed by atoms with Gasteiger partial charge in [0.15, 0.2) is 0 Å². The van der Waals surface area contributed by atoms with Crippen molar-refractivity contribution in [3.05, 3.63) is 22.8 Å². The molecule has 4 nitrogen and oxygen atoms in total. The Hall–Kier alpha value is -1.71. The van der Waals surface area contributed by atoms with Crippen LogP contribution in [0.1, 0.15) is 43.4 Å². The number of carbonyl (C=O) groups is 1. The van der Waals surface area contributed by atoms with Gasteiger partial charge in [0.1, 0.15) is 23.7 Å². The molecule has 102 valence electrons. The van der Waals surface area contributed by atoms with Crippen LogP contribution in [-0.2, 0) is 17.6 Å². The van der Waals surface area contributed by atoms with Crippen molar-refractivity contribution in [1.29, 1.82) is 0 Å². The van der Waals surface area contributed by atoms with Gasteiger partial charge in [-0.25, -0.2) is 0 Å². The number of carboxylic acids is 1. The fourth-order valence-corrected chi connectivity index (χ4v) is 3.04. The van der Waals surface area contributed by atoms with Crippen molar-refractivity contribution in [3.63, 3.8) is 0 Å². The molecule has 1 aromatic carbocycles. The summed E-state index contributed by atoms with van der Waals surface area (Å²) in [6, 6.07) is 2.02. The summed E-state index contributed by atoms with van der Waals surface area (Å²) < 4.78 is 11.6.